The van der Waals surface area contributed by atoms with E-state index in [9.17, 15) is 0 Å². The fraction of sp³-hybridized carbons (Fsp3) is 0.182. The van der Waals surface area contributed by atoms with Gasteiger partial charge in [-0.3, -0.25) is 0 Å². The van der Waals surface area contributed by atoms with Crippen molar-refractivity contribution < 1.29 is 0 Å². The van der Waals surface area contributed by atoms with Crippen LogP contribution in [0, 0.1) is 27.7 Å². The van der Waals surface area contributed by atoms with Gasteiger partial charge in [0.05, 0.1) is 0 Å². The van der Waals surface area contributed by atoms with E-state index in [0.29, 0.717) is 0 Å². The van der Waals surface area contributed by atoms with Gasteiger partial charge < -0.3 is 0 Å². The Labute approximate surface area is 161 Å². The molecule has 0 saturated carbocycles. The predicted molar refractivity (Wildman–Crippen MR) is 115 cm³/mol. The van der Waals surface area contributed by atoms with E-state index < -0.39 is 0 Å². The lowest BCUT2D eigenvalue weighted by Crippen LogP contribution is -1.76. The summed E-state index contributed by atoms with van der Waals surface area (Å²) in [4.78, 5) is 8.31. The van der Waals surface area contributed by atoms with Crippen molar-refractivity contribution in [2.45, 2.75) is 27.7 Å². The second-order valence-electron chi connectivity index (χ2n) is 6.52. The van der Waals surface area contributed by atoms with Crippen molar-refractivity contribution in [1.82, 2.24) is 0 Å². The average Bonchev–Trinajstić information content (AvgIpc) is 3.27. The molecule has 25 heavy (non-hydrogen) atoms. The Balaban J connectivity index is 1.71. The van der Waals surface area contributed by atoms with Crippen LogP contribution in [0.1, 0.15) is 21.6 Å². The van der Waals surface area contributed by atoms with Crippen molar-refractivity contribution in [1.29, 1.82) is 0 Å². The number of thiophene rings is 3. The van der Waals surface area contributed by atoms with Crippen LogP contribution in [0.3, 0.4) is 0 Å². The van der Waals surface area contributed by atoms with Gasteiger partial charge in [0.1, 0.15) is 0 Å². The highest BCUT2D eigenvalue weighted by Crippen LogP contribution is 2.44. The van der Waals surface area contributed by atoms with Crippen LogP contribution in [0.25, 0.3) is 29.9 Å². The molecule has 126 valence electrons. The SMILES string of the molecule is Cc1ccc(-c2sc(-c3ccc(-c4sc(C)cc4C)s3)cc2C)cc1. The van der Waals surface area contributed by atoms with E-state index in [1.54, 1.807) is 0 Å². The summed E-state index contributed by atoms with van der Waals surface area (Å²) in [5.74, 6) is 0. The lowest BCUT2D eigenvalue weighted by Gasteiger charge is -2.00. The lowest BCUT2D eigenvalue weighted by atomic mass is 10.1. The molecule has 0 amide bonds. The van der Waals surface area contributed by atoms with E-state index in [4.69, 9.17) is 0 Å². The second-order valence-corrected chi connectivity index (χ2v) is 9.91. The summed E-state index contributed by atoms with van der Waals surface area (Å²) >= 11 is 5.71. The predicted octanol–water partition coefficient (Wildman–Crippen LogP) is 8.11. The average molecular weight is 381 g/mol. The standard InChI is InChI=1S/C22H20S3/c1-13-5-7-17(8-6-13)21-15(3)12-20(25-21)18-9-10-19(24-18)22-14(2)11-16(4)23-22/h5-12H,1-4H3. The van der Waals surface area contributed by atoms with Crippen molar-refractivity contribution in [2.24, 2.45) is 0 Å². The molecule has 0 aliphatic rings. The van der Waals surface area contributed by atoms with Gasteiger partial charge >= 0.3 is 0 Å². The maximum absolute atomic E-state index is 2.34. The smallest absolute Gasteiger partial charge is 0.0474 e. The highest BCUT2D eigenvalue weighted by molar-refractivity contribution is 7.27. The molecule has 0 saturated heterocycles. The van der Waals surface area contributed by atoms with E-state index in [1.165, 1.54) is 51.5 Å². The quantitative estimate of drug-likeness (QED) is 0.337. The molecule has 0 aliphatic heterocycles. The summed E-state index contributed by atoms with van der Waals surface area (Å²) in [5, 5.41) is 0. The molecular formula is C22H20S3. The molecule has 0 nitrogen and oxygen atoms in total. The maximum Gasteiger partial charge on any atom is 0.0474 e. The van der Waals surface area contributed by atoms with E-state index in [2.05, 4.69) is 76.2 Å². The first-order chi connectivity index (χ1) is 12.0. The Morgan fingerprint density at radius 2 is 1.24 bits per heavy atom. The van der Waals surface area contributed by atoms with Crippen molar-refractivity contribution in [3.63, 3.8) is 0 Å². The van der Waals surface area contributed by atoms with Crippen LogP contribution in [-0.4, -0.2) is 0 Å². The molecule has 4 aromatic rings. The summed E-state index contributed by atoms with van der Waals surface area (Å²) in [5.41, 5.74) is 5.38. The first-order valence-electron chi connectivity index (χ1n) is 8.36. The summed E-state index contributed by atoms with van der Waals surface area (Å²) in [6, 6.07) is 18.0. The van der Waals surface area contributed by atoms with Gasteiger partial charge in [-0.05, 0) is 68.7 Å². The van der Waals surface area contributed by atoms with E-state index in [1.807, 2.05) is 34.0 Å². The molecule has 0 bridgehead atoms. The fourth-order valence-corrected chi connectivity index (χ4v) is 6.54. The van der Waals surface area contributed by atoms with Crippen molar-refractivity contribution in [3.05, 3.63) is 70.1 Å². The van der Waals surface area contributed by atoms with Gasteiger partial charge in [-0.2, -0.15) is 0 Å². The lowest BCUT2D eigenvalue weighted by molar-refractivity contribution is 1.46. The molecule has 3 heterocycles. The van der Waals surface area contributed by atoms with Gasteiger partial charge in [0, 0.05) is 29.3 Å². The minimum Gasteiger partial charge on any atom is -0.139 e. The maximum atomic E-state index is 2.34. The highest BCUT2D eigenvalue weighted by Gasteiger charge is 2.13. The first kappa shape index (κ1) is 16.8. The van der Waals surface area contributed by atoms with E-state index in [-0.39, 0.29) is 0 Å². The monoisotopic (exact) mass is 380 g/mol. The summed E-state index contributed by atoms with van der Waals surface area (Å²) < 4.78 is 0. The third-order valence-corrected chi connectivity index (χ3v) is 8.24. The molecule has 4 rings (SSSR count). The number of rotatable bonds is 3. The molecule has 0 aliphatic carbocycles. The third kappa shape index (κ3) is 3.24. The Kier molecular flexibility index (Phi) is 4.40. The Hall–Kier alpha value is -1.68. The van der Waals surface area contributed by atoms with Gasteiger partial charge in [0.25, 0.3) is 0 Å². The number of aryl methyl sites for hydroxylation is 4. The minimum absolute atomic E-state index is 1.31. The third-order valence-electron chi connectivity index (χ3n) is 4.35. The van der Waals surface area contributed by atoms with E-state index >= 15 is 0 Å². The van der Waals surface area contributed by atoms with Gasteiger partial charge in [0.15, 0.2) is 0 Å². The Morgan fingerprint density at radius 1 is 0.560 bits per heavy atom. The zero-order valence-electron chi connectivity index (χ0n) is 14.8. The molecule has 0 atom stereocenters. The largest absolute Gasteiger partial charge is 0.139 e. The molecule has 0 spiro atoms. The first-order valence-corrected chi connectivity index (χ1v) is 10.8. The highest BCUT2D eigenvalue weighted by atomic mass is 32.1. The van der Waals surface area contributed by atoms with Crippen molar-refractivity contribution in [3.8, 4) is 29.9 Å². The topological polar surface area (TPSA) is 0 Å². The zero-order chi connectivity index (χ0) is 17.6. The Morgan fingerprint density at radius 3 is 1.92 bits per heavy atom. The number of hydrogen-bond acceptors (Lipinski definition) is 3. The molecule has 3 heteroatoms. The summed E-state index contributed by atoms with van der Waals surface area (Å²) in [6.45, 7) is 8.75. The van der Waals surface area contributed by atoms with Crippen LogP contribution in [-0.2, 0) is 0 Å². The molecule has 3 aromatic heterocycles. The van der Waals surface area contributed by atoms with Crippen molar-refractivity contribution >= 4 is 34.0 Å². The Bertz CT molecular complexity index is 1030. The fourth-order valence-electron chi connectivity index (χ4n) is 3.07. The zero-order valence-corrected chi connectivity index (χ0v) is 17.3. The van der Waals surface area contributed by atoms with Crippen LogP contribution in [0.15, 0.2) is 48.5 Å². The molecule has 0 fully saturated rings. The van der Waals surface area contributed by atoms with Crippen LogP contribution in [0.2, 0.25) is 0 Å². The number of hydrogen-bond donors (Lipinski definition) is 0. The normalized spacial score (nSPS) is 11.2. The van der Waals surface area contributed by atoms with Crippen LogP contribution in [0.5, 0.6) is 0 Å². The van der Waals surface area contributed by atoms with Gasteiger partial charge in [-0.15, -0.1) is 34.0 Å². The molecule has 0 unspecified atom stereocenters. The van der Waals surface area contributed by atoms with Gasteiger partial charge in [0.2, 0.25) is 0 Å². The minimum atomic E-state index is 1.31. The summed E-state index contributed by atoms with van der Waals surface area (Å²) in [7, 11) is 0. The summed E-state index contributed by atoms with van der Waals surface area (Å²) in [6.07, 6.45) is 0. The van der Waals surface area contributed by atoms with Crippen molar-refractivity contribution in [2.75, 3.05) is 0 Å². The van der Waals surface area contributed by atoms with Crippen LogP contribution in [0.4, 0.5) is 0 Å². The van der Waals surface area contributed by atoms with Crippen LogP contribution >= 0.6 is 34.0 Å². The molecule has 0 N–H and O–H groups in total. The van der Waals surface area contributed by atoms with Gasteiger partial charge in [-0.25, -0.2) is 0 Å². The van der Waals surface area contributed by atoms with Gasteiger partial charge in [-0.1, -0.05) is 29.8 Å². The van der Waals surface area contributed by atoms with Crippen LogP contribution < -0.4 is 0 Å². The van der Waals surface area contributed by atoms with E-state index in [0.717, 1.165) is 0 Å². The number of benzene rings is 1. The molecular weight excluding hydrogens is 360 g/mol. The second kappa shape index (κ2) is 6.56. The molecule has 1 aromatic carbocycles. The molecule has 0 radical (unpaired) electrons.